The summed E-state index contributed by atoms with van der Waals surface area (Å²) >= 11 is 0. The molecule has 4 heteroatoms. The molecule has 20 heavy (non-hydrogen) atoms. The Bertz CT molecular complexity index is 552. The van der Waals surface area contributed by atoms with E-state index in [4.69, 9.17) is 4.74 Å². The fraction of sp³-hybridized carbons (Fsp3) is 0.250. The molecule has 1 aromatic carbocycles. The van der Waals surface area contributed by atoms with Gasteiger partial charge in [0.1, 0.15) is 5.75 Å². The number of aromatic nitrogens is 1. The number of amides is 1. The minimum absolute atomic E-state index is 0.166. The maximum absolute atomic E-state index is 12.2. The Morgan fingerprint density at radius 2 is 2.05 bits per heavy atom. The third-order valence-corrected chi connectivity index (χ3v) is 2.89. The summed E-state index contributed by atoms with van der Waals surface area (Å²) in [5.41, 5.74) is 1.83. The predicted molar refractivity (Wildman–Crippen MR) is 78.8 cm³/mol. The number of hydrogen-bond donors (Lipinski definition) is 1. The summed E-state index contributed by atoms with van der Waals surface area (Å²) < 4.78 is 5.72. The van der Waals surface area contributed by atoms with Crippen LogP contribution < -0.4 is 10.1 Å². The van der Waals surface area contributed by atoms with E-state index in [-0.39, 0.29) is 5.91 Å². The highest BCUT2D eigenvalue weighted by Crippen LogP contribution is 2.15. The molecule has 1 N–H and O–H groups in total. The Labute approximate surface area is 118 Å². The van der Waals surface area contributed by atoms with Gasteiger partial charge < -0.3 is 10.1 Å². The van der Waals surface area contributed by atoms with Crippen LogP contribution in [0.15, 0.2) is 48.8 Å². The lowest BCUT2D eigenvalue weighted by Crippen LogP contribution is -2.32. The average Bonchev–Trinajstić information content (AvgIpc) is 2.47. The van der Waals surface area contributed by atoms with Gasteiger partial charge in [-0.1, -0.05) is 24.6 Å². The van der Waals surface area contributed by atoms with Crippen LogP contribution >= 0.6 is 0 Å². The minimum atomic E-state index is -0.516. The summed E-state index contributed by atoms with van der Waals surface area (Å²) in [5, 5.41) is 2.80. The third kappa shape index (κ3) is 3.82. The van der Waals surface area contributed by atoms with Crippen molar-refractivity contribution in [2.45, 2.75) is 26.4 Å². The largest absolute Gasteiger partial charge is 0.481 e. The summed E-state index contributed by atoms with van der Waals surface area (Å²) in [5.74, 6) is 0.532. The second-order valence-electron chi connectivity index (χ2n) is 4.56. The van der Waals surface area contributed by atoms with E-state index >= 15 is 0 Å². The normalized spacial score (nSPS) is 11.7. The van der Waals surface area contributed by atoms with Crippen molar-refractivity contribution in [3.8, 4) is 5.75 Å². The Kier molecular flexibility index (Phi) is 4.71. The van der Waals surface area contributed by atoms with Gasteiger partial charge in [-0.05, 0) is 37.6 Å². The first-order valence-electron chi connectivity index (χ1n) is 6.63. The second kappa shape index (κ2) is 6.70. The molecule has 0 bridgehead atoms. The Balaban J connectivity index is 2.00. The molecule has 0 aliphatic rings. The van der Waals surface area contributed by atoms with Crippen LogP contribution in [0.5, 0.6) is 5.75 Å². The molecule has 0 aliphatic heterocycles. The van der Waals surface area contributed by atoms with Gasteiger partial charge in [0.25, 0.3) is 5.91 Å². The van der Waals surface area contributed by atoms with E-state index in [0.29, 0.717) is 17.9 Å². The fourth-order valence-electron chi connectivity index (χ4n) is 1.76. The third-order valence-electron chi connectivity index (χ3n) is 2.89. The lowest BCUT2D eigenvalue weighted by atomic mass is 10.2. The van der Waals surface area contributed by atoms with E-state index in [1.165, 1.54) is 0 Å². The van der Waals surface area contributed by atoms with Crippen LogP contribution in [0.25, 0.3) is 0 Å². The Morgan fingerprint density at radius 3 is 2.65 bits per heavy atom. The van der Waals surface area contributed by atoms with E-state index in [1.807, 2.05) is 38.1 Å². The first kappa shape index (κ1) is 14.1. The van der Waals surface area contributed by atoms with Gasteiger partial charge in [-0.2, -0.15) is 0 Å². The van der Waals surface area contributed by atoms with Gasteiger partial charge in [0, 0.05) is 6.20 Å². The molecule has 0 saturated carbocycles. The van der Waals surface area contributed by atoms with Crippen molar-refractivity contribution >= 4 is 11.6 Å². The van der Waals surface area contributed by atoms with Gasteiger partial charge in [0.05, 0.1) is 11.9 Å². The molecule has 1 heterocycles. The van der Waals surface area contributed by atoms with E-state index in [0.717, 1.165) is 5.56 Å². The van der Waals surface area contributed by atoms with Crippen molar-refractivity contribution in [2.75, 3.05) is 5.32 Å². The Hall–Kier alpha value is -2.36. The highest BCUT2D eigenvalue weighted by molar-refractivity contribution is 5.94. The topological polar surface area (TPSA) is 51.2 Å². The first-order chi connectivity index (χ1) is 9.69. The molecule has 0 radical (unpaired) electrons. The van der Waals surface area contributed by atoms with E-state index in [2.05, 4.69) is 10.3 Å². The summed E-state index contributed by atoms with van der Waals surface area (Å²) in [6.45, 7) is 3.93. The maximum Gasteiger partial charge on any atom is 0.265 e. The monoisotopic (exact) mass is 270 g/mol. The van der Waals surface area contributed by atoms with Gasteiger partial charge in [0.15, 0.2) is 6.10 Å². The standard InChI is InChI=1S/C16H18N2O2/c1-3-15(20-14-8-6-12(2)7-9-14)16(19)18-13-5-4-10-17-11-13/h4-11,15H,3H2,1-2H3,(H,18,19). The number of ether oxygens (including phenoxy) is 1. The van der Waals surface area contributed by atoms with Gasteiger partial charge in [0.2, 0.25) is 0 Å². The minimum Gasteiger partial charge on any atom is -0.481 e. The zero-order chi connectivity index (χ0) is 14.4. The summed E-state index contributed by atoms with van der Waals surface area (Å²) in [6, 6.07) is 11.2. The van der Waals surface area contributed by atoms with Crippen LogP contribution in [0.2, 0.25) is 0 Å². The quantitative estimate of drug-likeness (QED) is 0.907. The van der Waals surface area contributed by atoms with Crippen LogP contribution in [0.4, 0.5) is 5.69 Å². The Morgan fingerprint density at radius 1 is 1.30 bits per heavy atom. The van der Waals surface area contributed by atoms with Gasteiger partial charge in [-0.15, -0.1) is 0 Å². The van der Waals surface area contributed by atoms with Crippen LogP contribution in [0, 0.1) is 6.92 Å². The zero-order valence-corrected chi connectivity index (χ0v) is 11.7. The number of carbonyl (C=O) groups is 1. The number of nitrogens with zero attached hydrogens (tertiary/aromatic N) is 1. The molecule has 1 unspecified atom stereocenters. The average molecular weight is 270 g/mol. The van der Waals surface area contributed by atoms with Crippen molar-refractivity contribution in [1.29, 1.82) is 0 Å². The number of aryl methyl sites for hydroxylation is 1. The SMILES string of the molecule is CCC(Oc1ccc(C)cc1)C(=O)Nc1cccnc1. The van der Waals surface area contributed by atoms with Crippen molar-refractivity contribution in [1.82, 2.24) is 4.98 Å². The smallest absolute Gasteiger partial charge is 0.265 e. The molecule has 0 aliphatic carbocycles. The molecule has 1 aromatic heterocycles. The number of hydrogen-bond acceptors (Lipinski definition) is 3. The maximum atomic E-state index is 12.2. The van der Waals surface area contributed by atoms with Crippen molar-refractivity contribution in [3.63, 3.8) is 0 Å². The number of benzene rings is 1. The number of anilines is 1. The molecule has 0 saturated heterocycles. The molecular formula is C16H18N2O2. The molecule has 2 rings (SSSR count). The molecular weight excluding hydrogens is 252 g/mol. The van der Waals surface area contributed by atoms with Crippen LogP contribution in [-0.4, -0.2) is 17.0 Å². The van der Waals surface area contributed by atoms with Crippen LogP contribution in [0.1, 0.15) is 18.9 Å². The van der Waals surface area contributed by atoms with Crippen LogP contribution in [0.3, 0.4) is 0 Å². The van der Waals surface area contributed by atoms with Gasteiger partial charge in [-0.3, -0.25) is 9.78 Å². The second-order valence-corrected chi connectivity index (χ2v) is 4.56. The van der Waals surface area contributed by atoms with Crippen molar-refractivity contribution < 1.29 is 9.53 Å². The molecule has 2 aromatic rings. The van der Waals surface area contributed by atoms with E-state index in [1.54, 1.807) is 24.5 Å². The molecule has 0 spiro atoms. The van der Waals surface area contributed by atoms with Gasteiger partial charge in [-0.25, -0.2) is 0 Å². The molecule has 104 valence electrons. The van der Waals surface area contributed by atoms with Crippen molar-refractivity contribution in [2.24, 2.45) is 0 Å². The number of carbonyl (C=O) groups excluding carboxylic acids is 1. The van der Waals surface area contributed by atoms with Crippen LogP contribution in [-0.2, 0) is 4.79 Å². The van der Waals surface area contributed by atoms with E-state index < -0.39 is 6.10 Å². The number of pyridine rings is 1. The summed E-state index contributed by atoms with van der Waals surface area (Å²) in [7, 11) is 0. The number of nitrogens with one attached hydrogen (secondary N) is 1. The van der Waals surface area contributed by atoms with Crippen molar-refractivity contribution in [3.05, 3.63) is 54.4 Å². The van der Waals surface area contributed by atoms with E-state index in [9.17, 15) is 4.79 Å². The summed E-state index contributed by atoms with van der Waals surface area (Å²) in [6.07, 6.45) is 3.35. The fourth-order valence-corrected chi connectivity index (χ4v) is 1.76. The highest BCUT2D eigenvalue weighted by atomic mass is 16.5. The zero-order valence-electron chi connectivity index (χ0n) is 11.7. The lowest BCUT2D eigenvalue weighted by Gasteiger charge is -2.17. The molecule has 0 fully saturated rings. The lowest BCUT2D eigenvalue weighted by molar-refractivity contribution is -0.122. The molecule has 1 atom stereocenters. The predicted octanol–water partition coefficient (Wildman–Crippen LogP) is 3.19. The molecule has 1 amide bonds. The van der Waals surface area contributed by atoms with Gasteiger partial charge >= 0.3 is 0 Å². The molecule has 4 nitrogen and oxygen atoms in total. The number of rotatable bonds is 5. The first-order valence-corrected chi connectivity index (χ1v) is 6.63. The summed E-state index contributed by atoms with van der Waals surface area (Å²) in [4.78, 5) is 16.1. The highest BCUT2D eigenvalue weighted by Gasteiger charge is 2.18.